The molecule has 0 spiro atoms. The van der Waals surface area contributed by atoms with Crippen molar-refractivity contribution in [2.75, 3.05) is 20.6 Å². The molecular weight excluding hydrogens is 302 g/mol. The van der Waals surface area contributed by atoms with Gasteiger partial charge < -0.3 is 14.6 Å². The van der Waals surface area contributed by atoms with Crippen LogP contribution in [0.3, 0.4) is 0 Å². The van der Waals surface area contributed by atoms with Gasteiger partial charge in [-0.25, -0.2) is 0 Å². The van der Waals surface area contributed by atoms with Crippen LogP contribution in [0.5, 0.6) is 5.75 Å². The van der Waals surface area contributed by atoms with Crippen LogP contribution in [0.1, 0.15) is 35.6 Å². The third kappa shape index (κ3) is 3.62. The van der Waals surface area contributed by atoms with Gasteiger partial charge in [0.25, 0.3) is 5.91 Å². The highest BCUT2D eigenvalue weighted by atomic mass is 16.5. The lowest BCUT2D eigenvalue weighted by molar-refractivity contribution is 0.0677. The Morgan fingerprint density at radius 3 is 2.75 bits per heavy atom. The van der Waals surface area contributed by atoms with Gasteiger partial charge in [-0.1, -0.05) is 18.2 Å². The third-order valence-corrected chi connectivity index (χ3v) is 4.13. The van der Waals surface area contributed by atoms with Gasteiger partial charge in [0.05, 0.1) is 0 Å². The summed E-state index contributed by atoms with van der Waals surface area (Å²) in [5, 5.41) is 0. The first kappa shape index (κ1) is 16.6. The molecule has 5 heteroatoms. The van der Waals surface area contributed by atoms with Crippen LogP contribution >= 0.6 is 0 Å². The Balaban J connectivity index is 1.79. The Hall–Kier alpha value is -2.27. The maximum atomic E-state index is 12.0. The summed E-state index contributed by atoms with van der Waals surface area (Å²) in [6.45, 7) is 6.62. The molecule has 1 aliphatic rings. The van der Waals surface area contributed by atoms with E-state index >= 15 is 0 Å². The first-order chi connectivity index (χ1) is 11.3. The molecule has 1 aliphatic heterocycles. The van der Waals surface area contributed by atoms with Crippen molar-refractivity contribution in [1.29, 1.82) is 0 Å². The summed E-state index contributed by atoms with van der Waals surface area (Å²) in [4.78, 5) is 19.2. The van der Waals surface area contributed by atoms with Crippen molar-refractivity contribution in [3.63, 3.8) is 0 Å². The van der Waals surface area contributed by atoms with E-state index in [1.54, 1.807) is 19.0 Å². The summed E-state index contributed by atoms with van der Waals surface area (Å²) in [6, 6.07) is 12.0. The van der Waals surface area contributed by atoms with Crippen LogP contribution in [0, 0.1) is 0 Å². The fourth-order valence-corrected chi connectivity index (χ4v) is 3.15. The van der Waals surface area contributed by atoms with Crippen molar-refractivity contribution >= 4 is 5.91 Å². The van der Waals surface area contributed by atoms with Crippen molar-refractivity contribution in [3.05, 3.63) is 53.3 Å². The largest absolute Gasteiger partial charge is 0.486 e. The van der Waals surface area contributed by atoms with E-state index in [1.807, 2.05) is 30.3 Å². The second-order valence-corrected chi connectivity index (χ2v) is 7.21. The van der Waals surface area contributed by atoms with E-state index < -0.39 is 0 Å². The second kappa shape index (κ2) is 6.32. The summed E-state index contributed by atoms with van der Waals surface area (Å²) >= 11 is 0. The predicted molar refractivity (Wildman–Crippen MR) is 94.1 cm³/mol. The zero-order valence-corrected chi connectivity index (χ0v) is 14.8. The third-order valence-electron chi connectivity index (χ3n) is 4.13. The smallest absolute Gasteiger partial charge is 0.269 e. The molecule has 1 N–H and O–H groups in total. The van der Waals surface area contributed by atoms with Crippen molar-refractivity contribution < 1.29 is 9.53 Å². The van der Waals surface area contributed by atoms with Crippen molar-refractivity contribution in [1.82, 2.24) is 14.8 Å². The van der Waals surface area contributed by atoms with Gasteiger partial charge in [0, 0.05) is 45.0 Å². The summed E-state index contributed by atoms with van der Waals surface area (Å²) in [5.74, 6) is 0.950. The highest BCUT2D eigenvalue weighted by Gasteiger charge is 2.29. The van der Waals surface area contributed by atoms with E-state index in [9.17, 15) is 4.79 Å². The van der Waals surface area contributed by atoms with Crippen LogP contribution in [0.25, 0.3) is 0 Å². The Labute approximate surface area is 143 Å². The van der Waals surface area contributed by atoms with E-state index in [4.69, 9.17) is 4.74 Å². The molecule has 0 atom stereocenters. The van der Waals surface area contributed by atoms with Crippen molar-refractivity contribution in [2.24, 2.45) is 0 Å². The SMILES string of the molecule is CN(C)C(=O)c1ccc(CN2Cc3ccccc3OC(C)(C)C2)[nH]1. The van der Waals surface area contributed by atoms with E-state index in [1.165, 1.54) is 5.56 Å². The number of nitrogens with zero attached hydrogens (tertiary/aromatic N) is 2. The maximum Gasteiger partial charge on any atom is 0.269 e. The Kier molecular flexibility index (Phi) is 4.37. The number of carbonyl (C=O) groups is 1. The molecule has 0 saturated carbocycles. The van der Waals surface area contributed by atoms with E-state index in [0.717, 1.165) is 31.1 Å². The monoisotopic (exact) mass is 327 g/mol. The molecule has 0 radical (unpaired) electrons. The van der Waals surface area contributed by atoms with E-state index in [0.29, 0.717) is 5.69 Å². The molecule has 24 heavy (non-hydrogen) atoms. The standard InChI is InChI=1S/C19H25N3O2/c1-19(2)13-22(11-14-7-5-6-8-17(14)24-19)12-15-9-10-16(20-15)18(23)21(3)4/h5-10,20H,11-13H2,1-4H3. The number of fused-ring (bicyclic) bond motifs is 1. The number of carbonyl (C=O) groups excluding carboxylic acids is 1. The fraction of sp³-hybridized carbons (Fsp3) is 0.421. The lowest BCUT2D eigenvalue weighted by atomic mass is 10.1. The molecule has 0 unspecified atom stereocenters. The summed E-state index contributed by atoms with van der Waals surface area (Å²) in [5.41, 5.74) is 2.59. The molecule has 1 amide bonds. The van der Waals surface area contributed by atoms with Crippen LogP contribution in [-0.2, 0) is 13.1 Å². The average Bonchev–Trinajstić information content (AvgIpc) is 2.90. The highest BCUT2D eigenvalue weighted by molar-refractivity contribution is 5.92. The summed E-state index contributed by atoms with van der Waals surface area (Å²) in [6.07, 6.45) is 0. The minimum atomic E-state index is -0.262. The average molecular weight is 327 g/mol. The molecule has 2 heterocycles. The summed E-state index contributed by atoms with van der Waals surface area (Å²) in [7, 11) is 3.52. The van der Waals surface area contributed by atoms with Gasteiger partial charge in [-0.05, 0) is 32.0 Å². The number of hydrogen-bond donors (Lipinski definition) is 1. The molecule has 128 valence electrons. The number of nitrogens with one attached hydrogen (secondary N) is 1. The van der Waals surface area contributed by atoms with Gasteiger partial charge in [0.15, 0.2) is 0 Å². The quantitative estimate of drug-likeness (QED) is 0.943. The first-order valence-electron chi connectivity index (χ1n) is 8.23. The van der Waals surface area contributed by atoms with E-state index in [-0.39, 0.29) is 11.5 Å². The molecule has 1 aromatic heterocycles. The van der Waals surface area contributed by atoms with Gasteiger partial charge in [-0.2, -0.15) is 0 Å². The normalized spacial score (nSPS) is 16.8. The number of aromatic nitrogens is 1. The van der Waals surface area contributed by atoms with Crippen LogP contribution in [0.4, 0.5) is 0 Å². The molecule has 5 nitrogen and oxygen atoms in total. The number of benzene rings is 1. The molecule has 2 aromatic rings. The highest BCUT2D eigenvalue weighted by Crippen LogP contribution is 2.29. The lowest BCUT2D eigenvalue weighted by Gasteiger charge is -2.29. The molecule has 0 bridgehead atoms. The second-order valence-electron chi connectivity index (χ2n) is 7.21. The van der Waals surface area contributed by atoms with Gasteiger partial charge in [0.2, 0.25) is 0 Å². The van der Waals surface area contributed by atoms with E-state index in [2.05, 4.69) is 29.8 Å². The Morgan fingerprint density at radius 2 is 2.00 bits per heavy atom. The Bertz CT molecular complexity index is 734. The topological polar surface area (TPSA) is 48.6 Å². The predicted octanol–water partition coefficient (Wildman–Crippen LogP) is 2.89. The zero-order chi connectivity index (χ0) is 17.3. The molecule has 0 fully saturated rings. The minimum Gasteiger partial charge on any atom is -0.486 e. The van der Waals surface area contributed by atoms with Gasteiger partial charge >= 0.3 is 0 Å². The van der Waals surface area contributed by atoms with Crippen LogP contribution in [0.2, 0.25) is 0 Å². The number of hydrogen-bond acceptors (Lipinski definition) is 3. The first-order valence-corrected chi connectivity index (χ1v) is 8.23. The van der Waals surface area contributed by atoms with Crippen LogP contribution < -0.4 is 4.74 Å². The lowest BCUT2D eigenvalue weighted by Crippen LogP contribution is -2.40. The summed E-state index contributed by atoms with van der Waals surface area (Å²) < 4.78 is 6.17. The minimum absolute atomic E-state index is 0.00822. The number of aromatic amines is 1. The van der Waals surface area contributed by atoms with Gasteiger partial charge in [-0.3, -0.25) is 9.69 Å². The van der Waals surface area contributed by atoms with Crippen molar-refractivity contribution in [3.8, 4) is 5.75 Å². The molecule has 0 aliphatic carbocycles. The molecule has 1 aromatic carbocycles. The number of para-hydroxylation sites is 1. The van der Waals surface area contributed by atoms with Gasteiger partial charge in [-0.15, -0.1) is 0 Å². The zero-order valence-electron chi connectivity index (χ0n) is 14.8. The number of amides is 1. The Morgan fingerprint density at radius 1 is 1.25 bits per heavy atom. The van der Waals surface area contributed by atoms with Gasteiger partial charge in [0.1, 0.15) is 17.0 Å². The van der Waals surface area contributed by atoms with Crippen molar-refractivity contribution in [2.45, 2.75) is 32.5 Å². The number of ether oxygens (including phenoxy) is 1. The molecule has 3 rings (SSSR count). The fourth-order valence-electron chi connectivity index (χ4n) is 3.15. The maximum absolute atomic E-state index is 12.0. The van der Waals surface area contributed by atoms with Crippen LogP contribution in [-0.4, -0.2) is 46.9 Å². The molecular formula is C19H25N3O2. The molecule has 0 saturated heterocycles. The van der Waals surface area contributed by atoms with Crippen LogP contribution in [0.15, 0.2) is 36.4 Å². The number of rotatable bonds is 3. The number of H-pyrrole nitrogens is 1.